The first-order valence-electron chi connectivity index (χ1n) is 7.79. The van der Waals surface area contributed by atoms with Gasteiger partial charge < -0.3 is 14.6 Å². The average molecular weight is 332 g/mol. The second-order valence-electron chi connectivity index (χ2n) is 5.91. The van der Waals surface area contributed by atoms with Crippen molar-refractivity contribution in [3.8, 4) is 0 Å². The minimum atomic E-state index is -0.201. The van der Waals surface area contributed by atoms with Crippen LogP contribution >= 0.6 is 11.3 Å². The number of nitrogens with zero attached hydrogens (tertiary/aromatic N) is 1. The third-order valence-electron chi connectivity index (χ3n) is 4.20. The van der Waals surface area contributed by atoms with Gasteiger partial charge in [-0.05, 0) is 42.3 Å². The molecule has 5 nitrogen and oxygen atoms in total. The minimum Gasteiger partial charge on any atom is -0.467 e. The highest BCUT2D eigenvalue weighted by molar-refractivity contribution is 7.12. The van der Waals surface area contributed by atoms with Crippen molar-refractivity contribution in [1.29, 1.82) is 0 Å². The Bertz CT molecular complexity index is 651. The van der Waals surface area contributed by atoms with Gasteiger partial charge in [-0.25, -0.2) is 0 Å². The highest BCUT2D eigenvalue weighted by Gasteiger charge is 2.32. The molecule has 0 bridgehead atoms. The summed E-state index contributed by atoms with van der Waals surface area (Å²) in [6.45, 7) is 2.90. The lowest BCUT2D eigenvalue weighted by Crippen LogP contribution is -2.45. The standard InChI is InChI=1S/C17H20N2O3S/c1-12-6-7-19(13(10-12)14-4-2-8-22-14)16(20)11-18-17(21)15-5-3-9-23-15/h2-5,8-9,12-13H,6-7,10-11H2,1H3,(H,18,21). The van der Waals surface area contributed by atoms with Crippen LogP contribution in [0.5, 0.6) is 0 Å². The predicted octanol–water partition coefficient (Wildman–Crippen LogP) is 3.07. The molecule has 6 heteroatoms. The van der Waals surface area contributed by atoms with E-state index in [1.807, 2.05) is 28.5 Å². The molecule has 0 aromatic carbocycles. The topological polar surface area (TPSA) is 62.6 Å². The van der Waals surface area contributed by atoms with Gasteiger partial charge in [-0.1, -0.05) is 13.0 Å². The van der Waals surface area contributed by atoms with Crippen molar-refractivity contribution in [2.45, 2.75) is 25.8 Å². The molecule has 122 valence electrons. The molecule has 2 amide bonds. The Hall–Kier alpha value is -2.08. The summed E-state index contributed by atoms with van der Waals surface area (Å²) in [5, 5.41) is 4.55. The Morgan fingerprint density at radius 2 is 2.26 bits per heavy atom. The summed E-state index contributed by atoms with van der Waals surface area (Å²) < 4.78 is 5.51. The summed E-state index contributed by atoms with van der Waals surface area (Å²) in [7, 11) is 0. The Morgan fingerprint density at radius 3 is 2.96 bits per heavy atom. The van der Waals surface area contributed by atoms with Crippen molar-refractivity contribution < 1.29 is 14.0 Å². The molecule has 23 heavy (non-hydrogen) atoms. The van der Waals surface area contributed by atoms with Crippen LogP contribution in [0.3, 0.4) is 0 Å². The van der Waals surface area contributed by atoms with Gasteiger partial charge in [0.2, 0.25) is 5.91 Å². The molecular formula is C17H20N2O3S. The fourth-order valence-corrected chi connectivity index (χ4v) is 3.58. The highest BCUT2D eigenvalue weighted by atomic mass is 32.1. The number of hydrogen-bond donors (Lipinski definition) is 1. The van der Waals surface area contributed by atoms with E-state index in [4.69, 9.17) is 4.42 Å². The number of rotatable bonds is 4. The monoisotopic (exact) mass is 332 g/mol. The molecular weight excluding hydrogens is 312 g/mol. The van der Waals surface area contributed by atoms with E-state index in [1.165, 1.54) is 11.3 Å². The lowest BCUT2D eigenvalue weighted by atomic mass is 9.91. The fraction of sp³-hybridized carbons (Fsp3) is 0.412. The van der Waals surface area contributed by atoms with Crippen LogP contribution in [0.4, 0.5) is 0 Å². The lowest BCUT2D eigenvalue weighted by Gasteiger charge is -2.37. The van der Waals surface area contributed by atoms with Crippen LogP contribution in [0, 0.1) is 5.92 Å². The Labute approximate surface area is 139 Å². The molecule has 0 aliphatic carbocycles. The number of piperidine rings is 1. The maximum atomic E-state index is 12.6. The van der Waals surface area contributed by atoms with Gasteiger partial charge in [0, 0.05) is 6.54 Å². The van der Waals surface area contributed by atoms with E-state index in [0.717, 1.165) is 18.6 Å². The normalized spacial score (nSPS) is 21.2. The van der Waals surface area contributed by atoms with Crippen molar-refractivity contribution in [2.75, 3.05) is 13.1 Å². The Morgan fingerprint density at radius 1 is 1.39 bits per heavy atom. The van der Waals surface area contributed by atoms with Gasteiger partial charge in [0.15, 0.2) is 0 Å². The van der Waals surface area contributed by atoms with Crippen molar-refractivity contribution in [3.05, 3.63) is 46.5 Å². The van der Waals surface area contributed by atoms with Crippen LogP contribution in [-0.4, -0.2) is 29.8 Å². The molecule has 2 unspecified atom stereocenters. The van der Waals surface area contributed by atoms with E-state index in [0.29, 0.717) is 17.3 Å². The number of carbonyl (C=O) groups is 2. The summed E-state index contributed by atoms with van der Waals surface area (Å²) >= 11 is 1.37. The number of amides is 2. The maximum Gasteiger partial charge on any atom is 0.261 e. The van der Waals surface area contributed by atoms with E-state index in [1.54, 1.807) is 12.3 Å². The van der Waals surface area contributed by atoms with Gasteiger partial charge in [-0.15, -0.1) is 11.3 Å². The van der Waals surface area contributed by atoms with Gasteiger partial charge in [0.25, 0.3) is 5.91 Å². The zero-order valence-corrected chi connectivity index (χ0v) is 13.8. The molecule has 1 aliphatic rings. The zero-order valence-electron chi connectivity index (χ0n) is 13.0. The van der Waals surface area contributed by atoms with Crippen LogP contribution in [0.15, 0.2) is 40.3 Å². The van der Waals surface area contributed by atoms with E-state index in [-0.39, 0.29) is 24.4 Å². The Balaban J connectivity index is 1.64. The van der Waals surface area contributed by atoms with Gasteiger partial charge in [-0.3, -0.25) is 9.59 Å². The molecule has 3 rings (SSSR count). The molecule has 0 saturated carbocycles. The fourth-order valence-electron chi connectivity index (χ4n) is 2.94. The zero-order chi connectivity index (χ0) is 16.2. The quantitative estimate of drug-likeness (QED) is 0.936. The van der Waals surface area contributed by atoms with E-state index in [9.17, 15) is 9.59 Å². The predicted molar refractivity (Wildman–Crippen MR) is 88.2 cm³/mol. The molecule has 2 aromatic rings. The molecule has 0 radical (unpaired) electrons. The second-order valence-corrected chi connectivity index (χ2v) is 6.86. The number of likely N-dealkylation sites (tertiary alicyclic amines) is 1. The smallest absolute Gasteiger partial charge is 0.261 e. The van der Waals surface area contributed by atoms with Gasteiger partial charge in [0.05, 0.1) is 23.7 Å². The molecule has 2 aromatic heterocycles. The van der Waals surface area contributed by atoms with Crippen molar-refractivity contribution in [3.63, 3.8) is 0 Å². The summed E-state index contributed by atoms with van der Waals surface area (Å²) in [5.74, 6) is 1.10. The van der Waals surface area contributed by atoms with E-state index in [2.05, 4.69) is 12.2 Å². The average Bonchev–Trinajstić information content (AvgIpc) is 3.24. The van der Waals surface area contributed by atoms with Crippen molar-refractivity contribution >= 4 is 23.2 Å². The summed E-state index contributed by atoms with van der Waals surface area (Å²) in [6.07, 6.45) is 3.50. The van der Waals surface area contributed by atoms with Crippen molar-refractivity contribution in [2.24, 2.45) is 5.92 Å². The van der Waals surface area contributed by atoms with Crippen LogP contribution in [0.2, 0.25) is 0 Å². The lowest BCUT2D eigenvalue weighted by molar-refractivity contribution is -0.135. The largest absolute Gasteiger partial charge is 0.467 e. The maximum absolute atomic E-state index is 12.6. The first kappa shape index (κ1) is 15.8. The summed E-state index contributed by atoms with van der Waals surface area (Å²) in [4.78, 5) is 27.0. The second kappa shape index (κ2) is 7.00. The molecule has 1 saturated heterocycles. The molecule has 1 N–H and O–H groups in total. The van der Waals surface area contributed by atoms with E-state index < -0.39 is 0 Å². The Kier molecular flexibility index (Phi) is 4.81. The SMILES string of the molecule is CC1CCN(C(=O)CNC(=O)c2cccs2)C(c2ccco2)C1. The minimum absolute atomic E-state index is 0.0162. The molecule has 1 aliphatic heterocycles. The third kappa shape index (κ3) is 3.64. The van der Waals surface area contributed by atoms with Crippen LogP contribution in [0.25, 0.3) is 0 Å². The first-order valence-corrected chi connectivity index (χ1v) is 8.67. The van der Waals surface area contributed by atoms with Gasteiger partial charge >= 0.3 is 0 Å². The number of carbonyl (C=O) groups excluding carboxylic acids is 2. The number of thiophene rings is 1. The van der Waals surface area contributed by atoms with Crippen LogP contribution in [-0.2, 0) is 4.79 Å². The van der Waals surface area contributed by atoms with Gasteiger partial charge in [0.1, 0.15) is 5.76 Å². The number of nitrogens with one attached hydrogen (secondary N) is 1. The van der Waals surface area contributed by atoms with Crippen LogP contribution in [0.1, 0.15) is 41.2 Å². The first-order chi connectivity index (χ1) is 11.1. The molecule has 3 heterocycles. The molecule has 1 fully saturated rings. The summed E-state index contributed by atoms with van der Waals surface area (Å²) in [5.41, 5.74) is 0. The van der Waals surface area contributed by atoms with E-state index >= 15 is 0 Å². The van der Waals surface area contributed by atoms with Crippen molar-refractivity contribution in [1.82, 2.24) is 10.2 Å². The van der Waals surface area contributed by atoms with Gasteiger partial charge in [-0.2, -0.15) is 0 Å². The third-order valence-corrected chi connectivity index (χ3v) is 5.07. The number of hydrogen-bond acceptors (Lipinski definition) is 4. The highest BCUT2D eigenvalue weighted by Crippen LogP contribution is 2.34. The summed E-state index contributed by atoms with van der Waals surface area (Å²) in [6, 6.07) is 7.28. The van der Waals surface area contributed by atoms with Crippen LogP contribution < -0.4 is 5.32 Å². The molecule has 2 atom stereocenters. The molecule has 0 spiro atoms. The number of furan rings is 1.